The maximum absolute atomic E-state index is 10.7. The van der Waals surface area contributed by atoms with E-state index >= 15 is 0 Å². The Morgan fingerprint density at radius 1 is 1.75 bits per heavy atom. The van der Waals surface area contributed by atoms with Crippen LogP contribution >= 0.6 is 0 Å². The minimum Gasteiger partial charge on any atom is -0.476 e. The summed E-state index contributed by atoms with van der Waals surface area (Å²) >= 11 is 0. The van der Waals surface area contributed by atoms with Crippen LogP contribution in [0.3, 0.4) is 0 Å². The third-order valence-electron chi connectivity index (χ3n) is 1.56. The zero-order chi connectivity index (χ0) is 8.72. The normalized spacial score (nSPS) is 14.2. The fourth-order valence-corrected chi connectivity index (χ4v) is 1.06. The molecule has 0 aromatic carbocycles. The number of nitrogens with zero attached hydrogens (tertiary/aromatic N) is 2. The van der Waals surface area contributed by atoms with Gasteiger partial charge in [-0.15, -0.1) is 0 Å². The van der Waals surface area contributed by atoms with Crippen molar-refractivity contribution in [1.29, 1.82) is 0 Å². The molecule has 0 aliphatic carbocycles. The summed E-state index contributed by atoms with van der Waals surface area (Å²) in [5.41, 5.74) is -0.0509. The molecule has 62 valence electrons. The third kappa shape index (κ3) is 0.849. The monoisotopic (exact) mass is 167 g/mol. The zero-order valence-corrected chi connectivity index (χ0v) is 5.94. The van der Waals surface area contributed by atoms with Crippen molar-refractivity contribution in [2.24, 2.45) is 0 Å². The van der Waals surface area contributed by atoms with Gasteiger partial charge in [0.1, 0.15) is 12.4 Å². The van der Waals surface area contributed by atoms with Gasteiger partial charge in [0.2, 0.25) is 5.91 Å². The minimum atomic E-state index is -1.09. The van der Waals surface area contributed by atoms with Gasteiger partial charge in [-0.1, -0.05) is 0 Å². The Hall–Kier alpha value is -1.85. The summed E-state index contributed by atoms with van der Waals surface area (Å²) in [7, 11) is 0. The van der Waals surface area contributed by atoms with Crippen LogP contribution in [0.4, 0.5) is 5.82 Å². The molecule has 1 aliphatic heterocycles. The lowest BCUT2D eigenvalue weighted by Gasteiger charge is -1.86. The van der Waals surface area contributed by atoms with Gasteiger partial charge in [0.15, 0.2) is 5.69 Å². The summed E-state index contributed by atoms with van der Waals surface area (Å²) in [5.74, 6) is -0.821. The van der Waals surface area contributed by atoms with E-state index in [1.54, 1.807) is 0 Å². The maximum Gasteiger partial charge on any atom is 0.356 e. The molecule has 0 fully saturated rings. The molecule has 2 rings (SSSR count). The van der Waals surface area contributed by atoms with E-state index in [0.29, 0.717) is 5.82 Å². The Balaban J connectivity index is 2.40. The second-order valence-electron chi connectivity index (χ2n) is 2.43. The predicted octanol–water partition coefficient (Wildman–Crippen LogP) is -0.467. The topological polar surface area (TPSA) is 84.2 Å². The first-order valence-electron chi connectivity index (χ1n) is 3.28. The van der Waals surface area contributed by atoms with Gasteiger partial charge < -0.3 is 10.4 Å². The number of rotatable bonds is 1. The van der Waals surface area contributed by atoms with Gasteiger partial charge in [-0.25, -0.2) is 9.48 Å². The van der Waals surface area contributed by atoms with Crippen molar-refractivity contribution in [3.05, 3.63) is 11.8 Å². The Morgan fingerprint density at radius 3 is 3.08 bits per heavy atom. The molecule has 0 unspecified atom stereocenters. The second kappa shape index (κ2) is 2.07. The van der Waals surface area contributed by atoms with Gasteiger partial charge in [0.05, 0.1) is 0 Å². The fourth-order valence-electron chi connectivity index (χ4n) is 1.06. The molecule has 2 heterocycles. The zero-order valence-electron chi connectivity index (χ0n) is 5.94. The molecular weight excluding hydrogens is 162 g/mol. The molecule has 6 nitrogen and oxygen atoms in total. The van der Waals surface area contributed by atoms with Gasteiger partial charge in [-0.3, -0.25) is 4.79 Å². The molecule has 1 aromatic heterocycles. The average molecular weight is 167 g/mol. The molecule has 1 amide bonds. The SMILES string of the molecule is O=C1Cn2nc(C(=O)O)cc2N1. The van der Waals surface area contributed by atoms with Gasteiger partial charge in [-0.05, 0) is 0 Å². The molecule has 0 bridgehead atoms. The van der Waals surface area contributed by atoms with Gasteiger partial charge in [-0.2, -0.15) is 5.10 Å². The Morgan fingerprint density at radius 2 is 2.50 bits per heavy atom. The predicted molar refractivity (Wildman–Crippen MR) is 37.8 cm³/mol. The summed E-state index contributed by atoms with van der Waals surface area (Å²) in [6.07, 6.45) is 0. The highest BCUT2D eigenvalue weighted by molar-refractivity contribution is 5.95. The number of aromatic nitrogens is 2. The van der Waals surface area contributed by atoms with Crippen LogP contribution in [0.2, 0.25) is 0 Å². The highest BCUT2D eigenvalue weighted by Gasteiger charge is 2.21. The number of anilines is 1. The van der Waals surface area contributed by atoms with E-state index in [2.05, 4.69) is 10.4 Å². The second-order valence-corrected chi connectivity index (χ2v) is 2.43. The van der Waals surface area contributed by atoms with Crippen molar-refractivity contribution in [3.8, 4) is 0 Å². The third-order valence-corrected chi connectivity index (χ3v) is 1.56. The van der Waals surface area contributed by atoms with Crippen molar-refractivity contribution in [2.45, 2.75) is 6.54 Å². The molecule has 0 spiro atoms. The van der Waals surface area contributed by atoms with E-state index in [1.165, 1.54) is 10.7 Å². The van der Waals surface area contributed by atoms with Crippen molar-refractivity contribution in [2.75, 3.05) is 5.32 Å². The first-order chi connectivity index (χ1) is 5.66. The van der Waals surface area contributed by atoms with Crippen LogP contribution < -0.4 is 5.32 Å². The van der Waals surface area contributed by atoms with Crippen LogP contribution in [0, 0.1) is 0 Å². The number of aromatic carboxylic acids is 1. The summed E-state index contributed by atoms with van der Waals surface area (Å²) < 4.78 is 1.33. The van der Waals surface area contributed by atoms with Crippen LogP contribution in [0.5, 0.6) is 0 Å². The van der Waals surface area contributed by atoms with Crippen LogP contribution in [0.15, 0.2) is 6.07 Å². The lowest BCUT2D eigenvalue weighted by atomic mass is 10.4. The number of hydrogen-bond acceptors (Lipinski definition) is 3. The van der Waals surface area contributed by atoms with E-state index in [-0.39, 0.29) is 18.1 Å². The number of nitrogens with one attached hydrogen (secondary N) is 1. The summed E-state index contributed by atoms with van der Waals surface area (Å²) in [4.78, 5) is 21.1. The number of carboxylic acids is 1. The molecule has 0 radical (unpaired) electrons. The fraction of sp³-hybridized carbons (Fsp3) is 0.167. The van der Waals surface area contributed by atoms with E-state index in [0.717, 1.165) is 0 Å². The molecule has 6 heteroatoms. The molecule has 1 aromatic rings. The highest BCUT2D eigenvalue weighted by Crippen LogP contribution is 2.15. The number of fused-ring (bicyclic) bond motifs is 1. The van der Waals surface area contributed by atoms with Gasteiger partial charge in [0.25, 0.3) is 0 Å². The van der Waals surface area contributed by atoms with Gasteiger partial charge >= 0.3 is 5.97 Å². The Kier molecular flexibility index (Phi) is 1.18. The summed E-state index contributed by atoms with van der Waals surface area (Å²) in [6, 6.07) is 1.33. The number of amides is 1. The highest BCUT2D eigenvalue weighted by atomic mass is 16.4. The van der Waals surface area contributed by atoms with E-state index in [4.69, 9.17) is 5.11 Å². The number of hydrogen-bond donors (Lipinski definition) is 2. The lowest BCUT2D eigenvalue weighted by molar-refractivity contribution is -0.116. The Bertz CT molecular complexity index is 343. The van der Waals surface area contributed by atoms with E-state index in [1.807, 2.05) is 0 Å². The number of carboxylic acid groups (broad SMARTS) is 1. The molecular formula is C6H5N3O3. The molecule has 0 saturated heterocycles. The number of carbonyl (C=O) groups is 2. The van der Waals surface area contributed by atoms with Crippen molar-refractivity contribution >= 4 is 17.7 Å². The Labute approximate surface area is 66.8 Å². The maximum atomic E-state index is 10.7. The van der Waals surface area contributed by atoms with Crippen molar-refractivity contribution in [1.82, 2.24) is 9.78 Å². The first kappa shape index (κ1) is 6.84. The number of carbonyl (C=O) groups excluding carboxylic acids is 1. The van der Waals surface area contributed by atoms with Crippen molar-refractivity contribution < 1.29 is 14.7 Å². The standard InChI is InChI=1S/C6H5N3O3/c10-5-2-9-4(7-5)1-3(8-9)6(11)12/h1H,2H2,(H,7,10)(H,11,12). The summed E-state index contributed by atoms with van der Waals surface area (Å²) in [5, 5.41) is 14.7. The first-order valence-corrected chi connectivity index (χ1v) is 3.28. The van der Waals surface area contributed by atoms with Gasteiger partial charge in [0, 0.05) is 6.07 Å². The largest absolute Gasteiger partial charge is 0.476 e. The van der Waals surface area contributed by atoms with Crippen LogP contribution in [0.1, 0.15) is 10.5 Å². The quantitative estimate of drug-likeness (QED) is 0.592. The lowest BCUT2D eigenvalue weighted by Crippen LogP contribution is -2.08. The van der Waals surface area contributed by atoms with E-state index in [9.17, 15) is 9.59 Å². The molecule has 2 N–H and O–H groups in total. The molecule has 12 heavy (non-hydrogen) atoms. The minimum absolute atomic E-state index is 0.0509. The van der Waals surface area contributed by atoms with Crippen LogP contribution in [-0.2, 0) is 11.3 Å². The van der Waals surface area contributed by atoms with Crippen LogP contribution in [0.25, 0.3) is 0 Å². The summed E-state index contributed by atoms with van der Waals surface area (Å²) in [6.45, 7) is 0.0998. The molecule has 0 atom stereocenters. The van der Waals surface area contributed by atoms with Crippen LogP contribution in [-0.4, -0.2) is 26.8 Å². The van der Waals surface area contributed by atoms with E-state index < -0.39 is 5.97 Å². The van der Waals surface area contributed by atoms with Crippen molar-refractivity contribution in [3.63, 3.8) is 0 Å². The average Bonchev–Trinajstić information content (AvgIpc) is 2.42. The smallest absolute Gasteiger partial charge is 0.356 e. The molecule has 1 aliphatic rings. The molecule has 0 saturated carbocycles.